The molecule has 0 saturated carbocycles. The van der Waals surface area contributed by atoms with Crippen LogP contribution in [0.3, 0.4) is 0 Å². The summed E-state index contributed by atoms with van der Waals surface area (Å²) in [6.07, 6.45) is -2.92. The van der Waals surface area contributed by atoms with Crippen molar-refractivity contribution < 1.29 is 30.9 Å². The zero-order valence-electron chi connectivity index (χ0n) is 20.8. The van der Waals surface area contributed by atoms with Crippen LogP contribution < -0.4 is 4.90 Å². The maximum Gasteiger partial charge on any atom is 0.416 e. The number of allylic oxidation sites excluding steroid dienone is 2. The van der Waals surface area contributed by atoms with Crippen molar-refractivity contribution in [2.24, 2.45) is 0 Å². The lowest BCUT2D eigenvalue weighted by molar-refractivity contribution is -0.137. The molecule has 200 valence electrons. The Morgan fingerprint density at radius 3 is 2.13 bits per heavy atom. The Balaban J connectivity index is 1.54. The summed E-state index contributed by atoms with van der Waals surface area (Å²) in [4.78, 5) is 6.09. The van der Waals surface area contributed by atoms with Crippen molar-refractivity contribution in [3.05, 3.63) is 125 Å². The third-order valence-corrected chi connectivity index (χ3v) is 6.68. The van der Waals surface area contributed by atoms with Crippen LogP contribution in [0.5, 0.6) is 0 Å². The number of hydrogen-bond donors (Lipinski definition) is 0. The zero-order valence-corrected chi connectivity index (χ0v) is 20.8. The smallest absolute Gasteiger partial charge is 0.342 e. The first-order valence-electron chi connectivity index (χ1n) is 11.8. The summed E-state index contributed by atoms with van der Waals surface area (Å²) in [6, 6.07) is 12.4. The van der Waals surface area contributed by atoms with E-state index in [-0.39, 0.29) is 35.3 Å². The van der Waals surface area contributed by atoms with Gasteiger partial charge in [0.15, 0.2) is 11.6 Å². The normalized spacial score (nSPS) is 13.9. The van der Waals surface area contributed by atoms with Crippen LogP contribution in [0.15, 0.2) is 78.0 Å². The van der Waals surface area contributed by atoms with Crippen molar-refractivity contribution in [2.45, 2.75) is 32.0 Å². The second-order valence-electron chi connectivity index (χ2n) is 9.68. The fourth-order valence-electron chi connectivity index (χ4n) is 4.36. The highest BCUT2D eigenvalue weighted by atomic mass is 19.4. The second-order valence-corrected chi connectivity index (χ2v) is 9.68. The molecule has 5 rings (SSSR count). The number of fused-ring (bicyclic) bond motifs is 1. The molecule has 39 heavy (non-hydrogen) atoms. The Morgan fingerprint density at radius 2 is 1.49 bits per heavy atom. The van der Waals surface area contributed by atoms with E-state index in [0.29, 0.717) is 16.7 Å². The van der Waals surface area contributed by atoms with Gasteiger partial charge in [0.25, 0.3) is 0 Å². The summed E-state index contributed by atoms with van der Waals surface area (Å²) in [5.41, 5.74) is 0.828. The first-order valence-corrected chi connectivity index (χ1v) is 11.8. The molecule has 3 aromatic carbocycles. The van der Waals surface area contributed by atoms with Crippen LogP contribution in [-0.4, -0.2) is 10.1 Å². The largest absolute Gasteiger partial charge is 0.416 e. The van der Waals surface area contributed by atoms with E-state index in [1.165, 1.54) is 24.3 Å². The molecule has 2 heterocycles. The van der Waals surface area contributed by atoms with Crippen LogP contribution >= 0.6 is 0 Å². The van der Waals surface area contributed by atoms with Crippen molar-refractivity contribution in [3.63, 3.8) is 0 Å². The molecule has 4 aromatic rings. The first kappa shape index (κ1) is 26.3. The maximum absolute atomic E-state index is 14.3. The van der Waals surface area contributed by atoms with E-state index in [9.17, 15) is 26.3 Å². The molecular formula is C29H21F6N3O. The minimum absolute atomic E-state index is 0.0404. The Morgan fingerprint density at radius 1 is 0.872 bits per heavy atom. The summed E-state index contributed by atoms with van der Waals surface area (Å²) in [5.74, 6) is -2.21. The van der Waals surface area contributed by atoms with Gasteiger partial charge in [0.05, 0.1) is 16.7 Å². The number of hydrogen-bond acceptors (Lipinski definition) is 4. The van der Waals surface area contributed by atoms with Crippen molar-refractivity contribution in [1.82, 2.24) is 10.1 Å². The molecular weight excluding hydrogens is 520 g/mol. The molecule has 10 heteroatoms. The van der Waals surface area contributed by atoms with Crippen LogP contribution in [0.2, 0.25) is 0 Å². The van der Waals surface area contributed by atoms with Gasteiger partial charge < -0.3 is 9.42 Å². The highest BCUT2D eigenvalue weighted by molar-refractivity contribution is 6.08. The van der Waals surface area contributed by atoms with Crippen molar-refractivity contribution in [3.8, 4) is 0 Å². The average Bonchev–Trinajstić information content (AvgIpc) is 3.38. The van der Waals surface area contributed by atoms with E-state index in [1.807, 2.05) is 13.8 Å². The van der Waals surface area contributed by atoms with E-state index in [0.717, 1.165) is 29.8 Å². The number of halogens is 6. The van der Waals surface area contributed by atoms with Gasteiger partial charge in [-0.15, -0.1) is 0 Å². The molecule has 1 aromatic heterocycles. The van der Waals surface area contributed by atoms with Crippen LogP contribution in [0.25, 0.3) is 11.1 Å². The Bertz CT molecular complexity index is 1590. The maximum atomic E-state index is 14.3. The van der Waals surface area contributed by atoms with Gasteiger partial charge in [0.1, 0.15) is 5.82 Å². The summed E-state index contributed by atoms with van der Waals surface area (Å²) in [5, 5.41) is 4.08. The minimum Gasteiger partial charge on any atom is -0.342 e. The molecule has 0 N–H and O–H groups in total. The Hall–Kier alpha value is -4.34. The molecule has 4 nitrogen and oxygen atoms in total. The van der Waals surface area contributed by atoms with Gasteiger partial charge in [-0.3, -0.25) is 0 Å². The topological polar surface area (TPSA) is 42.2 Å². The van der Waals surface area contributed by atoms with E-state index in [4.69, 9.17) is 4.52 Å². The van der Waals surface area contributed by atoms with E-state index in [1.54, 1.807) is 23.2 Å². The lowest BCUT2D eigenvalue weighted by Gasteiger charge is -2.30. The summed E-state index contributed by atoms with van der Waals surface area (Å²) in [6.45, 7) is 7.72. The van der Waals surface area contributed by atoms with Crippen molar-refractivity contribution in [2.75, 3.05) is 4.90 Å². The molecule has 0 amide bonds. The van der Waals surface area contributed by atoms with Gasteiger partial charge in [-0.05, 0) is 60.9 Å². The summed E-state index contributed by atoms with van der Waals surface area (Å²) >= 11 is 0. The molecule has 0 aliphatic carbocycles. The third-order valence-electron chi connectivity index (χ3n) is 6.68. The zero-order chi connectivity index (χ0) is 28.1. The second kappa shape index (κ2) is 9.44. The quantitative estimate of drug-likeness (QED) is 0.241. The van der Waals surface area contributed by atoms with E-state index >= 15 is 0 Å². The molecule has 0 fully saturated rings. The SMILES string of the molecule is C=C1C(c2noc(C(C)(C)c3ccc(F)cc3)n2)=CN(Cc2ccc(C(F)(F)F)cc2)c2cc(F)c(F)cc21. The van der Waals surface area contributed by atoms with Crippen LogP contribution in [-0.2, 0) is 18.1 Å². The summed E-state index contributed by atoms with van der Waals surface area (Å²) < 4.78 is 86.5. The third kappa shape index (κ3) is 4.94. The van der Waals surface area contributed by atoms with Gasteiger partial charge >= 0.3 is 6.18 Å². The highest BCUT2D eigenvalue weighted by Crippen LogP contribution is 2.42. The fourth-order valence-corrected chi connectivity index (χ4v) is 4.36. The monoisotopic (exact) mass is 541 g/mol. The fraction of sp³-hybridized carbons (Fsp3) is 0.172. The molecule has 0 radical (unpaired) electrons. The Kier molecular flexibility index (Phi) is 6.36. The lowest BCUT2D eigenvalue weighted by atomic mass is 9.84. The van der Waals surface area contributed by atoms with Crippen molar-refractivity contribution in [1.29, 1.82) is 0 Å². The van der Waals surface area contributed by atoms with E-state index in [2.05, 4.69) is 16.7 Å². The number of nitrogens with zero attached hydrogens (tertiary/aromatic N) is 3. The van der Waals surface area contributed by atoms with Gasteiger partial charge in [-0.25, -0.2) is 13.2 Å². The van der Waals surface area contributed by atoms with Crippen LogP contribution in [0.4, 0.5) is 32.0 Å². The molecule has 0 spiro atoms. The van der Waals surface area contributed by atoms with Crippen molar-refractivity contribution >= 4 is 16.8 Å². The van der Waals surface area contributed by atoms with Gasteiger partial charge in [-0.2, -0.15) is 18.2 Å². The molecule has 0 bridgehead atoms. The molecule has 1 aliphatic rings. The molecule has 0 atom stereocenters. The number of rotatable bonds is 5. The number of benzene rings is 3. The standard InChI is InChI=1S/C29H21F6N3O/c1-16-21-12-23(31)24(32)13-25(21)38(14-17-4-6-19(7-5-17)29(33,34)35)15-22(16)26-36-27(39-37-26)28(2,3)18-8-10-20(30)11-9-18/h4-13,15H,1,14H2,2-3H3. The molecule has 1 aliphatic heterocycles. The Labute approximate surface area is 219 Å². The average molecular weight is 541 g/mol. The first-order chi connectivity index (χ1) is 18.3. The lowest BCUT2D eigenvalue weighted by Crippen LogP contribution is -2.22. The van der Waals surface area contributed by atoms with Gasteiger partial charge in [0.2, 0.25) is 11.7 Å². The van der Waals surface area contributed by atoms with E-state index < -0.39 is 28.8 Å². The predicted octanol–water partition coefficient (Wildman–Crippen LogP) is 7.91. The van der Waals surface area contributed by atoms with Gasteiger partial charge in [0, 0.05) is 29.9 Å². The number of alkyl halides is 3. The minimum atomic E-state index is -4.49. The number of anilines is 1. The van der Waals surface area contributed by atoms with Gasteiger partial charge in [-0.1, -0.05) is 36.0 Å². The molecule has 0 saturated heterocycles. The van der Waals surface area contributed by atoms with Crippen LogP contribution in [0.1, 0.15) is 47.8 Å². The van der Waals surface area contributed by atoms with Crippen LogP contribution in [0, 0.1) is 17.5 Å². The summed E-state index contributed by atoms with van der Waals surface area (Å²) in [7, 11) is 0. The highest BCUT2D eigenvalue weighted by Gasteiger charge is 2.33. The predicted molar refractivity (Wildman–Crippen MR) is 134 cm³/mol. The number of aromatic nitrogens is 2. The molecule has 0 unspecified atom stereocenters.